The third kappa shape index (κ3) is 5.39. The van der Waals surface area contributed by atoms with Crippen molar-refractivity contribution in [1.82, 2.24) is 9.80 Å². The topological polar surface area (TPSA) is 42.0 Å². The van der Waals surface area contributed by atoms with Gasteiger partial charge < -0.3 is 14.4 Å². The lowest BCUT2D eigenvalue weighted by molar-refractivity contribution is 0.0139. The smallest absolute Gasteiger partial charge is 0.410 e. The van der Waals surface area contributed by atoms with Crippen molar-refractivity contribution in [1.29, 1.82) is 0 Å². The van der Waals surface area contributed by atoms with E-state index < -0.39 is 5.60 Å². The van der Waals surface area contributed by atoms with Crippen LogP contribution in [0.25, 0.3) is 0 Å². The molecular weight excluding hydrogens is 360 g/mol. The van der Waals surface area contributed by atoms with E-state index in [1.807, 2.05) is 39.0 Å². The molecule has 0 saturated carbocycles. The lowest BCUT2D eigenvalue weighted by Gasteiger charge is -2.35. The molecule has 1 aliphatic rings. The number of methoxy groups -OCH3 is 1. The fraction of sp³-hybridized carbons (Fsp3) is 0.588. The molecule has 0 aliphatic carbocycles. The Hall–Kier alpha value is -1.27. The first-order valence-electron chi connectivity index (χ1n) is 7.81. The van der Waals surface area contributed by atoms with Crippen molar-refractivity contribution in [2.75, 3.05) is 33.3 Å². The van der Waals surface area contributed by atoms with Crippen LogP contribution >= 0.6 is 15.9 Å². The van der Waals surface area contributed by atoms with Gasteiger partial charge in [-0.1, -0.05) is 15.9 Å². The second-order valence-corrected chi connectivity index (χ2v) is 7.56. The Morgan fingerprint density at radius 2 is 1.87 bits per heavy atom. The van der Waals surface area contributed by atoms with Gasteiger partial charge in [0, 0.05) is 37.2 Å². The highest BCUT2D eigenvalue weighted by Gasteiger charge is 2.26. The maximum absolute atomic E-state index is 12.1. The Labute approximate surface area is 146 Å². The van der Waals surface area contributed by atoms with Crippen molar-refractivity contribution in [3.63, 3.8) is 0 Å². The molecule has 1 fully saturated rings. The molecule has 2 rings (SSSR count). The molecule has 0 spiro atoms. The van der Waals surface area contributed by atoms with E-state index in [0.717, 1.165) is 29.9 Å². The predicted octanol–water partition coefficient (Wildman–Crippen LogP) is 3.51. The van der Waals surface area contributed by atoms with Crippen molar-refractivity contribution >= 4 is 22.0 Å². The number of ether oxygens (including phenoxy) is 2. The molecule has 0 atom stereocenters. The molecule has 128 valence electrons. The van der Waals surface area contributed by atoms with Crippen LogP contribution in [0.2, 0.25) is 0 Å². The summed E-state index contributed by atoms with van der Waals surface area (Å²) in [5, 5.41) is 0. The van der Waals surface area contributed by atoms with Crippen molar-refractivity contribution in [3.8, 4) is 5.75 Å². The van der Waals surface area contributed by atoms with Crippen LogP contribution in [0.1, 0.15) is 26.3 Å². The first-order valence-corrected chi connectivity index (χ1v) is 8.60. The molecule has 1 amide bonds. The number of carbonyl (C=O) groups is 1. The highest BCUT2D eigenvalue weighted by Crippen LogP contribution is 2.24. The third-order valence-corrected chi connectivity index (χ3v) is 4.44. The Kier molecular flexibility index (Phi) is 5.92. The van der Waals surface area contributed by atoms with Crippen LogP contribution in [-0.2, 0) is 11.3 Å². The fourth-order valence-corrected chi connectivity index (χ4v) is 2.83. The SMILES string of the molecule is COc1ccc(Br)c(CN2CCN(C(=O)OC(C)(C)C)CC2)c1. The van der Waals surface area contributed by atoms with Crippen molar-refractivity contribution in [2.24, 2.45) is 0 Å². The molecule has 0 unspecified atom stereocenters. The van der Waals surface area contributed by atoms with E-state index in [2.05, 4.69) is 20.8 Å². The zero-order chi connectivity index (χ0) is 17.0. The molecule has 1 aliphatic heterocycles. The predicted molar refractivity (Wildman–Crippen MR) is 93.8 cm³/mol. The van der Waals surface area contributed by atoms with Crippen LogP contribution in [-0.4, -0.2) is 54.8 Å². The van der Waals surface area contributed by atoms with Crippen LogP contribution < -0.4 is 4.74 Å². The number of rotatable bonds is 3. The Balaban J connectivity index is 1.89. The molecule has 0 N–H and O–H groups in total. The Bertz CT molecular complexity index is 549. The van der Waals surface area contributed by atoms with Crippen LogP contribution in [0.15, 0.2) is 22.7 Å². The molecule has 0 radical (unpaired) electrons. The molecular formula is C17H25BrN2O3. The van der Waals surface area contributed by atoms with Gasteiger partial charge in [-0.2, -0.15) is 0 Å². The second kappa shape index (κ2) is 7.53. The minimum absolute atomic E-state index is 0.222. The number of hydrogen-bond donors (Lipinski definition) is 0. The summed E-state index contributed by atoms with van der Waals surface area (Å²) in [7, 11) is 1.67. The maximum Gasteiger partial charge on any atom is 0.410 e. The van der Waals surface area contributed by atoms with E-state index in [1.165, 1.54) is 5.56 Å². The first kappa shape index (κ1) is 18.1. The molecule has 23 heavy (non-hydrogen) atoms. The minimum atomic E-state index is -0.445. The van der Waals surface area contributed by atoms with Crippen LogP contribution in [0.4, 0.5) is 4.79 Å². The molecule has 5 nitrogen and oxygen atoms in total. The van der Waals surface area contributed by atoms with Gasteiger partial charge in [0.25, 0.3) is 0 Å². The lowest BCUT2D eigenvalue weighted by Crippen LogP contribution is -2.49. The van der Waals surface area contributed by atoms with Gasteiger partial charge in [0.1, 0.15) is 11.4 Å². The lowest BCUT2D eigenvalue weighted by atomic mass is 10.2. The summed E-state index contributed by atoms with van der Waals surface area (Å²) in [6.45, 7) is 9.56. The van der Waals surface area contributed by atoms with E-state index in [-0.39, 0.29) is 6.09 Å². The van der Waals surface area contributed by atoms with Crippen molar-refractivity contribution < 1.29 is 14.3 Å². The average Bonchev–Trinajstić information content (AvgIpc) is 2.48. The molecule has 1 aromatic rings. The van der Waals surface area contributed by atoms with Crippen LogP contribution in [0.3, 0.4) is 0 Å². The third-order valence-electron chi connectivity index (χ3n) is 3.67. The van der Waals surface area contributed by atoms with E-state index in [1.54, 1.807) is 12.0 Å². The summed E-state index contributed by atoms with van der Waals surface area (Å²) in [5.74, 6) is 0.857. The number of benzene rings is 1. The average molecular weight is 385 g/mol. The summed E-state index contributed by atoms with van der Waals surface area (Å²) in [5.41, 5.74) is 0.745. The highest BCUT2D eigenvalue weighted by atomic mass is 79.9. The number of piperazine rings is 1. The second-order valence-electron chi connectivity index (χ2n) is 6.70. The van der Waals surface area contributed by atoms with E-state index in [9.17, 15) is 4.79 Å². The van der Waals surface area contributed by atoms with Gasteiger partial charge >= 0.3 is 6.09 Å². The minimum Gasteiger partial charge on any atom is -0.497 e. The van der Waals surface area contributed by atoms with Gasteiger partial charge in [0.05, 0.1) is 7.11 Å². The van der Waals surface area contributed by atoms with Gasteiger partial charge in [0.15, 0.2) is 0 Å². The number of amides is 1. The van der Waals surface area contributed by atoms with Gasteiger partial charge in [-0.05, 0) is 44.5 Å². The number of halogens is 1. The molecule has 1 saturated heterocycles. The molecule has 0 aromatic heterocycles. The summed E-state index contributed by atoms with van der Waals surface area (Å²) >= 11 is 3.59. The summed E-state index contributed by atoms with van der Waals surface area (Å²) in [6.07, 6.45) is -0.222. The zero-order valence-electron chi connectivity index (χ0n) is 14.3. The summed E-state index contributed by atoms with van der Waals surface area (Å²) < 4.78 is 11.8. The first-order chi connectivity index (χ1) is 10.8. The molecule has 1 aromatic carbocycles. The monoisotopic (exact) mass is 384 g/mol. The van der Waals surface area contributed by atoms with Crippen LogP contribution in [0.5, 0.6) is 5.75 Å². The van der Waals surface area contributed by atoms with E-state index in [4.69, 9.17) is 9.47 Å². The van der Waals surface area contributed by atoms with Gasteiger partial charge in [0.2, 0.25) is 0 Å². The highest BCUT2D eigenvalue weighted by molar-refractivity contribution is 9.10. The van der Waals surface area contributed by atoms with Crippen LogP contribution in [0, 0.1) is 0 Å². The number of hydrogen-bond acceptors (Lipinski definition) is 4. The van der Waals surface area contributed by atoms with Gasteiger partial charge in [-0.3, -0.25) is 4.90 Å². The number of nitrogens with zero attached hydrogens (tertiary/aromatic N) is 2. The summed E-state index contributed by atoms with van der Waals surface area (Å²) in [6, 6.07) is 5.99. The zero-order valence-corrected chi connectivity index (χ0v) is 15.9. The number of carbonyl (C=O) groups excluding carboxylic acids is 1. The van der Waals surface area contributed by atoms with Gasteiger partial charge in [-0.15, -0.1) is 0 Å². The van der Waals surface area contributed by atoms with E-state index >= 15 is 0 Å². The van der Waals surface area contributed by atoms with Crippen molar-refractivity contribution in [2.45, 2.75) is 32.9 Å². The Morgan fingerprint density at radius 3 is 2.43 bits per heavy atom. The summed E-state index contributed by atoms with van der Waals surface area (Å²) in [4.78, 5) is 16.2. The van der Waals surface area contributed by atoms with E-state index in [0.29, 0.717) is 13.1 Å². The molecule has 1 heterocycles. The standard InChI is InChI=1S/C17H25BrN2O3/c1-17(2,3)23-16(21)20-9-7-19(8-10-20)12-13-11-14(22-4)5-6-15(13)18/h5-6,11H,7-10,12H2,1-4H3. The molecule has 6 heteroatoms. The molecule has 0 bridgehead atoms. The largest absolute Gasteiger partial charge is 0.497 e. The maximum atomic E-state index is 12.1. The van der Waals surface area contributed by atoms with Crippen molar-refractivity contribution in [3.05, 3.63) is 28.2 Å². The van der Waals surface area contributed by atoms with Gasteiger partial charge in [-0.25, -0.2) is 4.79 Å². The fourth-order valence-electron chi connectivity index (χ4n) is 2.46. The quantitative estimate of drug-likeness (QED) is 0.799. The Morgan fingerprint density at radius 1 is 1.22 bits per heavy atom. The normalized spacial score (nSPS) is 16.3.